The van der Waals surface area contributed by atoms with Gasteiger partial charge in [-0.05, 0) is 31.6 Å². The van der Waals surface area contributed by atoms with E-state index in [9.17, 15) is 13.2 Å². The molecule has 2 atom stereocenters. The fourth-order valence-corrected chi connectivity index (χ4v) is 4.47. The van der Waals surface area contributed by atoms with Gasteiger partial charge in [-0.1, -0.05) is 13.0 Å². The topological polar surface area (TPSA) is 63.2 Å². The SMILES string of the molecule is CCC1(C)NC(=O)C=CC1c1ccc(S(=O)(=O)Cl)s1. The smallest absolute Gasteiger partial charge is 0.270 e. The fraction of sp³-hybridized carbons (Fsp3) is 0.417. The fourth-order valence-electron chi connectivity index (χ4n) is 2.15. The van der Waals surface area contributed by atoms with Crippen LogP contribution in [0.25, 0.3) is 0 Å². The lowest BCUT2D eigenvalue weighted by atomic mass is 9.80. The Labute approximate surface area is 120 Å². The number of amides is 1. The Hall–Kier alpha value is -0.850. The second kappa shape index (κ2) is 4.92. The third-order valence-electron chi connectivity index (χ3n) is 3.42. The van der Waals surface area contributed by atoms with Crippen molar-refractivity contribution in [1.29, 1.82) is 0 Å². The van der Waals surface area contributed by atoms with Gasteiger partial charge in [0.15, 0.2) is 0 Å². The van der Waals surface area contributed by atoms with Crippen LogP contribution < -0.4 is 5.32 Å². The molecule has 104 valence electrons. The van der Waals surface area contributed by atoms with Crippen LogP contribution in [0.4, 0.5) is 0 Å². The molecule has 2 unspecified atom stereocenters. The van der Waals surface area contributed by atoms with Crippen LogP contribution in [0.5, 0.6) is 0 Å². The van der Waals surface area contributed by atoms with Crippen molar-refractivity contribution in [3.8, 4) is 0 Å². The Balaban J connectivity index is 2.43. The first-order chi connectivity index (χ1) is 8.76. The zero-order chi connectivity index (χ0) is 14.3. The van der Waals surface area contributed by atoms with Crippen LogP contribution in [0.1, 0.15) is 31.1 Å². The molecule has 0 radical (unpaired) electrons. The third-order valence-corrected chi connectivity index (χ3v) is 6.68. The summed E-state index contributed by atoms with van der Waals surface area (Å²) in [6, 6.07) is 3.25. The minimum Gasteiger partial charge on any atom is -0.346 e. The molecule has 1 amide bonds. The minimum absolute atomic E-state index is 0.0487. The molecule has 0 aromatic carbocycles. The lowest BCUT2D eigenvalue weighted by Gasteiger charge is -2.38. The van der Waals surface area contributed by atoms with E-state index < -0.39 is 14.6 Å². The van der Waals surface area contributed by atoms with Gasteiger partial charge in [0.2, 0.25) is 5.91 Å². The number of thiophene rings is 1. The van der Waals surface area contributed by atoms with E-state index in [1.54, 1.807) is 6.07 Å². The summed E-state index contributed by atoms with van der Waals surface area (Å²) in [7, 11) is 1.64. The lowest BCUT2D eigenvalue weighted by molar-refractivity contribution is -0.118. The van der Waals surface area contributed by atoms with E-state index in [0.29, 0.717) is 0 Å². The molecule has 0 aliphatic carbocycles. The maximum atomic E-state index is 11.5. The highest BCUT2D eigenvalue weighted by atomic mass is 35.7. The highest BCUT2D eigenvalue weighted by molar-refractivity contribution is 8.15. The molecule has 1 aliphatic rings. The number of rotatable bonds is 3. The van der Waals surface area contributed by atoms with Crippen LogP contribution in [-0.2, 0) is 13.8 Å². The molecule has 0 bridgehead atoms. The van der Waals surface area contributed by atoms with E-state index in [-0.39, 0.29) is 16.0 Å². The summed E-state index contributed by atoms with van der Waals surface area (Å²) in [6.07, 6.45) is 4.05. The molecule has 0 fully saturated rings. The molecule has 1 aliphatic heterocycles. The molecule has 4 nitrogen and oxygen atoms in total. The summed E-state index contributed by atoms with van der Waals surface area (Å²) in [4.78, 5) is 12.3. The maximum Gasteiger partial charge on any atom is 0.270 e. The van der Waals surface area contributed by atoms with Gasteiger partial charge in [0.25, 0.3) is 9.05 Å². The van der Waals surface area contributed by atoms with Gasteiger partial charge in [0.1, 0.15) is 4.21 Å². The van der Waals surface area contributed by atoms with Crippen molar-refractivity contribution in [1.82, 2.24) is 5.32 Å². The number of carbonyl (C=O) groups is 1. The first kappa shape index (κ1) is 14.6. The van der Waals surface area contributed by atoms with Gasteiger partial charge < -0.3 is 5.32 Å². The van der Waals surface area contributed by atoms with E-state index in [4.69, 9.17) is 10.7 Å². The van der Waals surface area contributed by atoms with Crippen molar-refractivity contribution in [2.24, 2.45) is 0 Å². The van der Waals surface area contributed by atoms with Crippen LogP contribution in [0.2, 0.25) is 0 Å². The van der Waals surface area contributed by atoms with Crippen molar-refractivity contribution >= 4 is 37.0 Å². The number of halogens is 1. The zero-order valence-electron chi connectivity index (χ0n) is 10.5. The highest BCUT2D eigenvalue weighted by Crippen LogP contribution is 2.39. The van der Waals surface area contributed by atoms with Crippen LogP contribution in [0.15, 0.2) is 28.5 Å². The van der Waals surface area contributed by atoms with Crippen LogP contribution >= 0.6 is 22.0 Å². The average molecular weight is 320 g/mol. The summed E-state index contributed by atoms with van der Waals surface area (Å²) >= 11 is 1.14. The van der Waals surface area contributed by atoms with E-state index >= 15 is 0 Å². The predicted octanol–water partition coefficient (Wildman–Crippen LogP) is 2.61. The van der Waals surface area contributed by atoms with Gasteiger partial charge in [-0.15, -0.1) is 11.3 Å². The highest BCUT2D eigenvalue weighted by Gasteiger charge is 2.37. The van der Waals surface area contributed by atoms with Crippen LogP contribution in [0, 0.1) is 0 Å². The Kier molecular flexibility index (Phi) is 3.77. The summed E-state index contributed by atoms with van der Waals surface area (Å²) in [5.74, 6) is -0.172. The largest absolute Gasteiger partial charge is 0.346 e. The number of hydrogen-bond donors (Lipinski definition) is 1. The second-order valence-corrected chi connectivity index (χ2v) is 8.60. The van der Waals surface area contributed by atoms with Crippen molar-refractivity contribution in [2.75, 3.05) is 0 Å². The number of carbonyl (C=O) groups excluding carboxylic acids is 1. The predicted molar refractivity (Wildman–Crippen MR) is 76.1 cm³/mol. The molecular weight excluding hydrogens is 306 g/mol. The van der Waals surface area contributed by atoms with Crippen molar-refractivity contribution in [3.63, 3.8) is 0 Å². The normalized spacial score (nSPS) is 27.3. The van der Waals surface area contributed by atoms with Crippen LogP contribution in [0.3, 0.4) is 0 Å². The Morgan fingerprint density at radius 2 is 2.16 bits per heavy atom. The molecule has 1 aromatic heterocycles. The summed E-state index contributed by atoms with van der Waals surface area (Å²) < 4.78 is 22.7. The van der Waals surface area contributed by atoms with E-state index in [1.807, 2.05) is 19.9 Å². The summed E-state index contributed by atoms with van der Waals surface area (Å²) in [6.45, 7) is 3.94. The summed E-state index contributed by atoms with van der Waals surface area (Å²) in [5, 5.41) is 2.94. The van der Waals surface area contributed by atoms with Gasteiger partial charge in [-0.3, -0.25) is 4.79 Å². The molecule has 2 rings (SSSR count). The van der Waals surface area contributed by atoms with E-state index in [0.717, 1.165) is 22.6 Å². The summed E-state index contributed by atoms with van der Waals surface area (Å²) in [5.41, 5.74) is -0.413. The zero-order valence-corrected chi connectivity index (χ0v) is 12.9. The standard InChI is InChI=1S/C12H14ClNO3S2/c1-3-12(2)8(4-6-10(15)14-12)9-5-7-11(18-9)19(13,16)17/h4-8H,3H2,1-2H3,(H,14,15). The molecule has 0 saturated heterocycles. The molecule has 0 saturated carbocycles. The van der Waals surface area contributed by atoms with Crippen LogP contribution in [-0.4, -0.2) is 19.9 Å². The Morgan fingerprint density at radius 3 is 2.68 bits per heavy atom. The molecule has 19 heavy (non-hydrogen) atoms. The average Bonchev–Trinajstić information content (AvgIpc) is 2.78. The Morgan fingerprint density at radius 1 is 1.47 bits per heavy atom. The van der Waals surface area contributed by atoms with Gasteiger partial charge in [0, 0.05) is 27.0 Å². The van der Waals surface area contributed by atoms with Gasteiger partial charge in [0.05, 0.1) is 0 Å². The second-order valence-electron chi connectivity index (χ2n) is 4.69. The van der Waals surface area contributed by atoms with Crippen molar-refractivity contribution in [2.45, 2.75) is 35.9 Å². The van der Waals surface area contributed by atoms with Gasteiger partial charge in [-0.2, -0.15) is 0 Å². The molecule has 2 heterocycles. The first-order valence-electron chi connectivity index (χ1n) is 5.81. The molecule has 1 aromatic rings. The molecule has 7 heteroatoms. The maximum absolute atomic E-state index is 11.5. The third kappa shape index (κ3) is 2.85. The molecule has 0 spiro atoms. The van der Waals surface area contributed by atoms with Gasteiger partial charge in [-0.25, -0.2) is 8.42 Å². The van der Waals surface area contributed by atoms with E-state index in [2.05, 4.69) is 5.32 Å². The molecule has 1 N–H and O–H groups in total. The quantitative estimate of drug-likeness (QED) is 0.871. The lowest BCUT2D eigenvalue weighted by Crippen LogP contribution is -2.51. The minimum atomic E-state index is -3.70. The monoisotopic (exact) mass is 319 g/mol. The molecular formula is C12H14ClNO3S2. The number of hydrogen-bond acceptors (Lipinski definition) is 4. The van der Waals surface area contributed by atoms with Gasteiger partial charge >= 0.3 is 0 Å². The first-order valence-corrected chi connectivity index (χ1v) is 8.93. The van der Waals surface area contributed by atoms with E-state index in [1.165, 1.54) is 12.1 Å². The van der Waals surface area contributed by atoms with Crippen molar-refractivity contribution in [3.05, 3.63) is 29.2 Å². The Bertz CT molecular complexity index is 635. The van der Waals surface area contributed by atoms with Crippen molar-refractivity contribution < 1.29 is 13.2 Å². The number of nitrogens with one attached hydrogen (secondary N) is 1.